The SMILES string of the molecule is O=C(C1=CCCCO1)c1cccc2ccccc12. The molecule has 0 aliphatic carbocycles. The van der Waals surface area contributed by atoms with Crippen LogP contribution in [0.4, 0.5) is 0 Å². The highest BCUT2D eigenvalue weighted by Crippen LogP contribution is 2.23. The highest BCUT2D eigenvalue weighted by molar-refractivity contribution is 6.15. The van der Waals surface area contributed by atoms with E-state index in [1.54, 1.807) is 0 Å². The van der Waals surface area contributed by atoms with Crippen LogP contribution in [0.25, 0.3) is 10.8 Å². The zero-order valence-electron chi connectivity index (χ0n) is 10.1. The molecule has 3 rings (SSSR count). The lowest BCUT2D eigenvalue weighted by molar-refractivity contribution is 0.0900. The van der Waals surface area contributed by atoms with E-state index in [4.69, 9.17) is 4.74 Å². The highest BCUT2D eigenvalue weighted by atomic mass is 16.5. The minimum Gasteiger partial charge on any atom is -0.490 e. The van der Waals surface area contributed by atoms with Gasteiger partial charge in [-0.15, -0.1) is 0 Å². The average molecular weight is 238 g/mol. The minimum atomic E-state index is -0.00787. The molecule has 1 heterocycles. The number of fused-ring (bicyclic) bond motifs is 1. The van der Waals surface area contributed by atoms with Gasteiger partial charge in [0, 0.05) is 5.56 Å². The van der Waals surface area contributed by atoms with Crippen LogP contribution in [0.3, 0.4) is 0 Å². The van der Waals surface area contributed by atoms with Crippen LogP contribution >= 0.6 is 0 Å². The topological polar surface area (TPSA) is 26.3 Å². The predicted molar refractivity (Wildman–Crippen MR) is 71.5 cm³/mol. The summed E-state index contributed by atoms with van der Waals surface area (Å²) in [5.74, 6) is 0.490. The standard InChI is InChI=1S/C16H14O2/c17-16(15-10-3-4-11-18-15)14-9-5-7-12-6-1-2-8-13(12)14/h1-2,5-10H,3-4,11H2. The molecule has 2 nitrogen and oxygen atoms in total. The molecule has 1 aliphatic heterocycles. The van der Waals surface area contributed by atoms with Crippen molar-refractivity contribution in [2.75, 3.05) is 6.61 Å². The van der Waals surface area contributed by atoms with Gasteiger partial charge in [0.1, 0.15) is 0 Å². The number of carbonyl (C=O) groups is 1. The van der Waals surface area contributed by atoms with E-state index in [-0.39, 0.29) is 5.78 Å². The number of rotatable bonds is 2. The lowest BCUT2D eigenvalue weighted by Crippen LogP contribution is -2.11. The number of benzene rings is 2. The smallest absolute Gasteiger partial charge is 0.227 e. The minimum absolute atomic E-state index is 0.00787. The Labute approximate surface area is 106 Å². The molecular weight excluding hydrogens is 224 g/mol. The fraction of sp³-hybridized carbons (Fsp3) is 0.188. The molecule has 2 aromatic rings. The molecule has 0 spiro atoms. The summed E-state index contributed by atoms with van der Waals surface area (Å²) in [7, 11) is 0. The zero-order valence-corrected chi connectivity index (χ0v) is 10.1. The highest BCUT2D eigenvalue weighted by Gasteiger charge is 2.17. The van der Waals surface area contributed by atoms with Gasteiger partial charge in [0.2, 0.25) is 5.78 Å². The van der Waals surface area contributed by atoms with Crippen LogP contribution in [0, 0.1) is 0 Å². The Kier molecular flexibility index (Phi) is 2.85. The molecule has 0 fully saturated rings. The van der Waals surface area contributed by atoms with Crippen molar-refractivity contribution in [3.8, 4) is 0 Å². The van der Waals surface area contributed by atoms with E-state index in [1.165, 1.54) is 0 Å². The summed E-state index contributed by atoms with van der Waals surface area (Å²) in [6.45, 7) is 0.641. The van der Waals surface area contributed by atoms with E-state index in [9.17, 15) is 4.79 Å². The molecule has 1 aliphatic rings. The van der Waals surface area contributed by atoms with Gasteiger partial charge in [-0.25, -0.2) is 0 Å². The maximum atomic E-state index is 12.4. The summed E-state index contributed by atoms with van der Waals surface area (Å²) in [5, 5.41) is 2.07. The first kappa shape index (κ1) is 11.0. The first-order valence-corrected chi connectivity index (χ1v) is 6.22. The molecule has 90 valence electrons. The van der Waals surface area contributed by atoms with Gasteiger partial charge in [0.05, 0.1) is 6.61 Å². The third-order valence-electron chi connectivity index (χ3n) is 3.19. The molecule has 0 N–H and O–H groups in total. The molecule has 0 saturated carbocycles. The zero-order chi connectivity index (χ0) is 12.4. The van der Waals surface area contributed by atoms with Crippen molar-refractivity contribution >= 4 is 16.6 Å². The van der Waals surface area contributed by atoms with E-state index < -0.39 is 0 Å². The van der Waals surface area contributed by atoms with E-state index >= 15 is 0 Å². The summed E-state index contributed by atoms with van der Waals surface area (Å²) in [5.41, 5.74) is 0.723. The van der Waals surface area contributed by atoms with Gasteiger partial charge < -0.3 is 4.74 Å². The Hall–Kier alpha value is -2.09. The van der Waals surface area contributed by atoms with Crippen molar-refractivity contribution in [2.45, 2.75) is 12.8 Å². The van der Waals surface area contributed by atoms with Crippen LogP contribution in [-0.2, 0) is 4.74 Å². The molecule has 0 bridgehead atoms. The monoisotopic (exact) mass is 238 g/mol. The summed E-state index contributed by atoms with van der Waals surface area (Å²) >= 11 is 0. The molecule has 0 radical (unpaired) electrons. The lowest BCUT2D eigenvalue weighted by atomic mass is 9.99. The fourth-order valence-corrected chi connectivity index (χ4v) is 2.27. The van der Waals surface area contributed by atoms with Crippen LogP contribution < -0.4 is 0 Å². The van der Waals surface area contributed by atoms with Gasteiger partial charge in [0.25, 0.3) is 0 Å². The maximum absolute atomic E-state index is 12.4. The number of ether oxygens (including phenoxy) is 1. The Morgan fingerprint density at radius 3 is 2.72 bits per heavy atom. The molecular formula is C16H14O2. The van der Waals surface area contributed by atoms with E-state index in [2.05, 4.69) is 0 Å². The van der Waals surface area contributed by atoms with Crippen molar-refractivity contribution in [2.24, 2.45) is 0 Å². The van der Waals surface area contributed by atoms with Crippen LogP contribution in [0.5, 0.6) is 0 Å². The predicted octanol–water partition coefficient (Wildman–Crippen LogP) is 3.72. The van der Waals surface area contributed by atoms with E-state index in [0.717, 1.165) is 29.2 Å². The Morgan fingerprint density at radius 2 is 1.89 bits per heavy atom. The van der Waals surface area contributed by atoms with Crippen molar-refractivity contribution < 1.29 is 9.53 Å². The summed E-state index contributed by atoms with van der Waals surface area (Å²) < 4.78 is 5.45. The van der Waals surface area contributed by atoms with Crippen molar-refractivity contribution in [3.63, 3.8) is 0 Å². The first-order valence-electron chi connectivity index (χ1n) is 6.22. The largest absolute Gasteiger partial charge is 0.490 e. The van der Waals surface area contributed by atoms with Crippen molar-refractivity contribution in [1.29, 1.82) is 0 Å². The molecule has 2 aromatic carbocycles. The van der Waals surface area contributed by atoms with E-state index in [0.29, 0.717) is 12.4 Å². The Morgan fingerprint density at radius 1 is 1.06 bits per heavy atom. The number of hydrogen-bond acceptors (Lipinski definition) is 2. The molecule has 0 amide bonds. The summed E-state index contributed by atoms with van der Waals surface area (Å²) in [6.07, 6.45) is 3.81. The van der Waals surface area contributed by atoms with Gasteiger partial charge >= 0.3 is 0 Å². The number of carbonyl (C=O) groups excluding carboxylic acids is 1. The third-order valence-corrected chi connectivity index (χ3v) is 3.19. The normalized spacial score (nSPS) is 15.0. The molecule has 0 atom stereocenters. The first-order chi connectivity index (χ1) is 8.86. The third kappa shape index (κ3) is 1.90. The van der Waals surface area contributed by atoms with Gasteiger partial charge in [-0.1, -0.05) is 42.5 Å². The molecule has 18 heavy (non-hydrogen) atoms. The second-order valence-corrected chi connectivity index (χ2v) is 4.41. The van der Waals surface area contributed by atoms with Crippen LogP contribution in [-0.4, -0.2) is 12.4 Å². The van der Waals surface area contributed by atoms with E-state index in [1.807, 2.05) is 48.5 Å². The second-order valence-electron chi connectivity index (χ2n) is 4.41. The van der Waals surface area contributed by atoms with Crippen LogP contribution in [0.15, 0.2) is 54.3 Å². The van der Waals surface area contributed by atoms with Crippen molar-refractivity contribution in [3.05, 3.63) is 59.9 Å². The molecule has 0 saturated heterocycles. The van der Waals surface area contributed by atoms with Crippen LogP contribution in [0.2, 0.25) is 0 Å². The fourth-order valence-electron chi connectivity index (χ4n) is 2.27. The Bertz CT molecular complexity index is 621. The lowest BCUT2D eigenvalue weighted by Gasteiger charge is -2.14. The van der Waals surface area contributed by atoms with Crippen LogP contribution in [0.1, 0.15) is 23.2 Å². The number of hydrogen-bond donors (Lipinski definition) is 0. The number of ketones is 1. The van der Waals surface area contributed by atoms with Gasteiger partial charge in [-0.3, -0.25) is 4.79 Å². The molecule has 0 aromatic heterocycles. The van der Waals surface area contributed by atoms with Gasteiger partial charge in [-0.2, -0.15) is 0 Å². The number of allylic oxidation sites excluding steroid dienone is 2. The average Bonchev–Trinajstić information content (AvgIpc) is 2.47. The second kappa shape index (κ2) is 4.65. The summed E-state index contributed by atoms with van der Waals surface area (Å²) in [6, 6.07) is 13.7. The quantitative estimate of drug-likeness (QED) is 0.745. The Balaban J connectivity index is 2.09. The van der Waals surface area contributed by atoms with Crippen molar-refractivity contribution in [1.82, 2.24) is 0 Å². The molecule has 0 unspecified atom stereocenters. The number of Topliss-reactive ketones (excluding diaryl/α,β-unsaturated/α-hetero) is 1. The van der Waals surface area contributed by atoms with Gasteiger partial charge in [0.15, 0.2) is 5.76 Å². The van der Waals surface area contributed by atoms with Gasteiger partial charge in [-0.05, 0) is 29.7 Å². The molecule has 2 heteroatoms. The maximum Gasteiger partial charge on any atom is 0.227 e. The summed E-state index contributed by atoms with van der Waals surface area (Å²) in [4.78, 5) is 12.4.